The summed E-state index contributed by atoms with van der Waals surface area (Å²) in [5, 5.41) is 9.13. The Balaban J connectivity index is 2.76. The van der Waals surface area contributed by atoms with Crippen LogP contribution >= 0.6 is 0 Å². The Bertz CT molecular complexity index is 491. The molecule has 0 bridgehead atoms. The van der Waals surface area contributed by atoms with Crippen LogP contribution in [0.2, 0.25) is 18.1 Å². The summed E-state index contributed by atoms with van der Waals surface area (Å²) >= 11 is 0. The number of ether oxygens (including phenoxy) is 1. The van der Waals surface area contributed by atoms with Gasteiger partial charge in [0.2, 0.25) is 0 Å². The number of hydrogen-bond donors (Lipinski definition) is 1. The Kier molecular flexibility index (Phi) is 11.1. The molecule has 4 heteroatoms. The molecule has 3 atom stereocenters. The zero-order chi connectivity index (χ0) is 19.4. The molecule has 0 aromatic heterocycles. The van der Waals surface area contributed by atoms with Crippen LogP contribution in [0, 0.1) is 11.8 Å². The van der Waals surface area contributed by atoms with Gasteiger partial charge in [-0.3, -0.25) is 0 Å². The molecule has 0 aliphatic heterocycles. The first kappa shape index (κ1) is 23.1. The highest BCUT2D eigenvalue weighted by molar-refractivity contribution is 6.73. The third kappa shape index (κ3) is 7.35. The minimum Gasteiger partial charge on any atom is -0.413 e. The van der Waals surface area contributed by atoms with E-state index in [2.05, 4.69) is 52.8 Å². The molecular formula is C22H38O3Si. The van der Waals surface area contributed by atoms with Crippen LogP contribution in [0.25, 0.3) is 0 Å². The smallest absolute Gasteiger partial charge is 0.192 e. The predicted molar refractivity (Wildman–Crippen MR) is 113 cm³/mol. The molecule has 0 amide bonds. The van der Waals surface area contributed by atoms with Gasteiger partial charge in [0.1, 0.15) is 0 Å². The van der Waals surface area contributed by atoms with E-state index in [4.69, 9.17) is 14.3 Å². The number of rotatable bonds is 13. The van der Waals surface area contributed by atoms with Crippen LogP contribution in [0.4, 0.5) is 0 Å². The summed E-state index contributed by atoms with van der Waals surface area (Å²) in [4.78, 5) is 0. The van der Waals surface area contributed by atoms with Gasteiger partial charge in [-0.05, 0) is 29.6 Å². The number of benzene rings is 1. The molecule has 0 saturated carbocycles. The molecule has 0 spiro atoms. The van der Waals surface area contributed by atoms with Crippen LogP contribution < -0.4 is 0 Å². The van der Waals surface area contributed by atoms with Crippen molar-refractivity contribution < 1.29 is 14.3 Å². The van der Waals surface area contributed by atoms with Gasteiger partial charge in [-0.15, -0.1) is 0 Å². The molecule has 1 N–H and O–H groups in total. The quantitative estimate of drug-likeness (QED) is 0.368. The SMILES string of the molecule is CC[Si](CC)(CC)O[C@H]([C@@H](C)/C=C/CO)[C@@H](C)COCc1ccccc1. The van der Waals surface area contributed by atoms with E-state index in [9.17, 15) is 0 Å². The number of aliphatic hydroxyl groups is 1. The van der Waals surface area contributed by atoms with Crippen molar-refractivity contribution in [1.29, 1.82) is 0 Å². The van der Waals surface area contributed by atoms with Gasteiger partial charge >= 0.3 is 0 Å². The van der Waals surface area contributed by atoms with Crippen molar-refractivity contribution in [3.63, 3.8) is 0 Å². The molecule has 148 valence electrons. The molecule has 0 radical (unpaired) electrons. The van der Waals surface area contributed by atoms with Gasteiger partial charge in [0.25, 0.3) is 0 Å². The third-order valence-corrected chi connectivity index (χ3v) is 10.1. The van der Waals surface area contributed by atoms with E-state index < -0.39 is 8.32 Å². The highest BCUT2D eigenvalue weighted by atomic mass is 28.4. The Morgan fingerprint density at radius 3 is 2.19 bits per heavy atom. The molecule has 26 heavy (non-hydrogen) atoms. The molecule has 1 rings (SSSR count). The maximum atomic E-state index is 9.13. The second-order valence-electron chi connectivity index (χ2n) is 7.27. The van der Waals surface area contributed by atoms with Crippen LogP contribution in [0.15, 0.2) is 42.5 Å². The fourth-order valence-corrected chi connectivity index (χ4v) is 6.47. The first-order valence-corrected chi connectivity index (χ1v) is 12.6. The summed E-state index contributed by atoms with van der Waals surface area (Å²) in [5.74, 6) is 0.558. The Morgan fingerprint density at radius 2 is 1.65 bits per heavy atom. The van der Waals surface area contributed by atoms with Gasteiger partial charge in [0.15, 0.2) is 8.32 Å². The lowest BCUT2D eigenvalue weighted by molar-refractivity contribution is 0.0205. The fourth-order valence-electron chi connectivity index (χ4n) is 3.45. The molecule has 0 aliphatic carbocycles. The average Bonchev–Trinajstić information content (AvgIpc) is 2.68. The molecular weight excluding hydrogens is 340 g/mol. The third-order valence-electron chi connectivity index (χ3n) is 5.44. The lowest BCUT2D eigenvalue weighted by Gasteiger charge is -2.38. The van der Waals surface area contributed by atoms with E-state index in [1.165, 1.54) is 5.56 Å². The number of hydrogen-bond acceptors (Lipinski definition) is 3. The van der Waals surface area contributed by atoms with Gasteiger partial charge in [-0.2, -0.15) is 0 Å². The molecule has 1 aromatic carbocycles. The first-order valence-electron chi connectivity index (χ1n) is 10.1. The van der Waals surface area contributed by atoms with Crippen molar-refractivity contribution >= 4 is 8.32 Å². The van der Waals surface area contributed by atoms with Crippen molar-refractivity contribution in [3.05, 3.63) is 48.0 Å². The van der Waals surface area contributed by atoms with E-state index in [1.807, 2.05) is 24.3 Å². The second kappa shape index (κ2) is 12.4. The molecule has 0 aliphatic rings. The standard InChI is InChI=1S/C22H38O3Si/c1-6-26(7-2,8-3)25-22(19(4)13-12-16-23)20(5)17-24-18-21-14-10-9-11-15-21/h9-15,19-20,22-23H,6-8,16-18H2,1-5H3/b13-12+/t19-,20-,22+/m0/s1. The number of aliphatic hydroxyl groups excluding tert-OH is 1. The summed E-state index contributed by atoms with van der Waals surface area (Å²) in [5.41, 5.74) is 1.20. The lowest BCUT2D eigenvalue weighted by Crippen LogP contribution is -2.45. The molecule has 0 fully saturated rings. The van der Waals surface area contributed by atoms with E-state index in [0.29, 0.717) is 19.1 Å². The monoisotopic (exact) mass is 378 g/mol. The molecule has 1 aromatic rings. The van der Waals surface area contributed by atoms with Crippen LogP contribution in [0.3, 0.4) is 0 Å². The zero-order valence-corrected chi connectivity index (χ0v) is 18.3. The van der Waals surface area contributed by atoms with Crippen LogP contribution in [-0.4, -0.2) is 32.7 Å². The maximum absolute atomic E-state index is 9.13. The van der Waals surface area contributed by atoms with E-state index in [-0.39, 0.29) is 18.6 Å². The molecule has 0 unspecified atom stereocenters. The second-order valence-corrected chi connectivity index (χ2v) is 12.0. The highest BCUT2D eigenvalue weighted by Gasteiger charge is 2.35. The molecule has 0 saturated heterocycles. The fraction of sp³-hybridized carbons (Fsp3) is 0.636. The summed E-state index contributed by atoms with van der Waals surface area (Å²) in [7, 11) is -1.70. The van der Waals surface area contributed by atoms with Crippen LogP contribution in [0.5, 0.6) is 0 Å². The minimum absolute atomic E-state index is 0.0772. The molecule has 0 heterocycles. The highest BCUT2D eigenvalue weighted by Crippen LogP contribution is 2.29. The lowest BCUT2D eigenvalue weighted by atomic mass is 9.93. The van der Waals surface area contributed by atoms with Crippen molar-refractivity contribution in [3.8, 4) is 0 Å². The normalized spacial score (nSPS) is 15.9. The van der Waals surface area contributed by atoms with Gasteiger partial charge < -0.3 is 14.3 Å². The summed E-state index contributed by atoms with van der Waals surface area (Å²) < 4.78 is 12.8. The first-order chi connectivity index (χ1) is 12.5. The van der Waals surface area contributed by atoms with Gasteiger partial charge in [-0.1, -0.05) is 77.1 Å². The zero-order valence-electron chi connectivity index (χ0n) is 17.3. The van der Waals surface area contributed by atoms with E-state index in [1.54, 1.807) is 0 Å². The van der Waals surface area contributed by atoms with Gasteiger partial charge in [0, 0.05) is 5.92 Å². The summed E-state index contributed by atoms with van der Waals surface area (Å²) in [6.45, 7) is 12.6. The summed E-state index contributed by atoms with van der Waals surface area (Å²) in [6.07, 6.45) is 4.03. The van der Waals surface area contributed by atoms with E-state index in [0.717, 1.165) is 18.1 Å². The predicted octanol–water partition coefficient (Wildman–Crippen LogP) is 5.41. The van der Waals surface area contributed by atoms with Gasteiger partial charge in [-0.25, -0.2) is 0 Å². The topological polar surface area (TPSA) is 38.7 Å². The Labute approximate surface area is 161 Å². The van der Waals surface area contributed by atoms with Crippen LogP contribution in [-0.2, 0) is 15.8 Å². The average molecular weight is 379 g/mol. The van der Waals surface area contributed by atoms with Crippen molar-refractivity contribution in [2.45, 2.75) is 65.5 Å². The Hall–Kier alpha value is -0.943. The van der Waals surface area contributed by atoms with E-state index >= 15 is 0 Å². The van der Waals surface area contributed by atoms with Crippen molar-refractivity contribution in [2.75, 3.05) is 13.2 Å². The minimum atomic E-state index is -1.70. The van der Waals surface area contributed by atoms with Crippen LogP contribution in [0.1, 0.15) is 40.2 Å². The van der Waals surface area contributed by atoms with Gasteiger partial charge in [0.05, 0.1) is 25.9 Å². The largest absolute Gasteiger partial charge is 0.413 e. The molecule has 3 nitrogen and oxygen atoms in total. The van der Waals surface area contributed by atoms with Crippen molar-refractivity contribution in [1.82, 2.24) is 0 Å². The van der Waals surface area contributed by atoms with Crippen molar-refractivity contribution in [2.24, 2.45) is 11.8 Å². The maximum Gasteiger partial charge on any atom is 0.192 e. The Morgan fingerprint density at radius 1 is 1.04 bits per heavy atom. The summed E-state index contributed by atoms with van der Waals surface area (Å²) in [6, 6.07) is 13.7.